The van der Waals surface area contributed by atoms with Gasteiger partial charge >= 0.3 is 6.18 Å². The Labute approximate surface area is 254 Å². The zero-order valence-electron chi connectivity index (χ0n) is 24.5. The summed E-state index contributed by atoms with van der Waals surface area (Å²) in [4.78, 5) is 51.2. The van der Waals surface area contributed by atoms with Crippen molar-refractivity contribution in [3.8, 4) is 0 Å². The van der Waals surface area contributed by atoms with Gasteiger partial charge in [-0.1, -0.05) is 24.2 Å². The van der Waals surface area contributed by atoms with E-state index >= 15 is 0 Å². The Morgan fingerprint density at radius 2 is 1.86 bits per heavy atom. The maximum absolute atomic E-state index is 13.8. The third-order valence-corrected chi connectivity index (χ3v) is 8.18. The minimum absolute atomic E-state index is 0.0134. The summed E-state index contributed by atoms with van der Waals surface area (Å²) in [6, 6.07) is 5.90. The van der Waals surface area contributed by atoms with E-state index in [0.717, 1.165) is 43.1 Å². The number of anilines is 3. The van der Waals surface area contributed by atoms with Crippen LogP contribution in [-0.2, 0) is 20.6 Å². The number of carbonyl (C=O) groups is 3. The first-order valence-corrected chi connectivity index (χ1v) is 14.5. The summed E-state index contributed by atoms with van der Waals surface area (Å²) in [7, 11) is 3.45. The summed E-state index contributed by atoms with van der Waals surface area (Å²) < 4.78 is 40.5. The Bertz CT molecular complexity index is 1380. The molecule has 43 heavy (non-hydrogen) atoms. The topological polar surface area (TPSA) is 80.3 Å². The lowest BCUT2D eigenvalue weighted by Crippen LogP contribution is -2.48. The van der Waals surface area contributed by atoms with Crippen LogP contribution in [0.1, 0.15) is 30.5 Å². The molecule has 9 nitrogen and oxygen atoms in total. The van der Waals surface area contributed by atoms with E-state index in [-0.39, 0.29) is 30.3 Å². The van der Waals surface area contributed by atoms with E-state index in [9.17, 15) is 27.6 Å². The third kappa shape index (κ3) is 7.30. The lowest BCUT2D eigenvalue weighted by molar-refractivity contribution is -0.137. The number of para-hydroxylation sites is 1. The van der Waals surface area contributed by atoms with Crippen molar-refractivity contribution in [2.45, 2.75) is 38.4 Å². The first-order chi connectivity index (χ1) is 20.3. The van der Waals surface area contributed by atoms with Gasteiger partial charge in [0.1, 0.15) is 11.9 Å². The number of amides is 3. The maximum atomic E-state index is 13.8. The molecule has 3 heterocycles. The molecule has 3 amide bonds. The van der Waals surface area contributed by atoms with E-state index in [1.807, 2.05) is 11.9 Å². The Balaban J connectivity index is 1.47. The summed E-state index contributed by atoms with van der Waals surface area (Å²) in [5.74, 6) is -1.17. The van der Waals surface area contributed by atoms with E-state index < -0.39 is 29.6 Å². The van der Waals surface area contributed by atoms with Crippen molar-refractivity contribution >= 4 is 46.5 Å². The molecule has 1 aromatic carbocycles. The summed E-state index contributed by atoms with van der Waals surface area (Å²) >= 11 is 6.63. The number of likely N-dealkylation sites (N-methyl/N-ethyl adjacent to an activating group) is 1. The molecule has 2 saturated heterocycles. The number of nitrogens with zero attached hydrogens (tertiary/aromatic N) is 6. The Kier molecular flexibility index (Phi) is 10.0. The molecular formula is C30H36ClF3N6O3. The molecule has 2 fully saturated rings. The second-order valence-corrected chi connectivity index (χ2v) is 11.2. The number of hydrogen-bond donors (Lipinski definition) is 0. The molecule has 0 N–H and O–H groups in total. The fourth-order valence-electron chi connectivity index (χ4n) is 5.60. The smallest absolute Gasteiger partial charge is 0.372 e. The average molecular weight is 621 g/mol. The van der Waals surface area contributed by atoms with E-state index in [1.165, 1.54) is 17.9 Å². The van der Waals surface area contributed by atoms with E-state index in [1.54, 1.807) is 30.1 Å². The van der Waals surface area contributed by atoms with E-state index in [4.69, 9.17) is 11.6 Å². The standard InChI is InChI=1S/C30H36ClF3N6O3/c1-5-26(41)39-16-14-38(15-17-39)13-7-12-36(3)28-22(31)8-6-9-23(28)37(4)29(43)24-10-11-27(42)40(24)25-19-21(30(32,33)34)18-20(2)35-25/h5-6,8-9,18-19,24H,1,7,10-17H2,2-4H3. The van der Waals surface area contributed by atoms with Crippen molar-refractivity contribution in [2.75, 3.05) is 68.1 Å². The molecular weight excluding hydrogens is 585 g/mol. The van der Waals surface area contributed by atoms with Gasteiger partial charge in [0.2, 0.25) is 17.7 Å². The van der Waals surface area contributed by atoms with E-state index in [2.05, 4.69) is 16.5 Å². The van der Waals surface area contributed by atoms with Crippen LogP contribution in [0.5, 0.6) is 0 Å². The van der Waals surface area contributed by atoms with Gasteiger partial charge < -0.3 is 14.7 Å². The van der Waals surface area contributed by atoms with Crippen LogP contribution >= 0.6 is 11.6 Å². The number of alkyl halides is 3. The third-order valence-electron chi connectivity index (χ3n) is 7.88. The van der Waals surface area contributed by atoms with Crippen molar-refractivity contribution in [3.05, 3.63) is 59.3 Å². The lowest BCUT2D eigenvalue weighted by atomic mass is 10.1. The van der Waals surface area contributed by atoms with Crippen LogP contribution in [0.25, 0.3) is 0 Å². The average Bonchev–Trinajstić information content (AvgIpc) is 3.36. The monoisotopic (exact) mass is 620 g/mol. The molecule has 0 spiro atoms. The van der Waals surface area contributed by atoms with Gasteiger partial charge in [0.05, 0.1) is 22.0 Å². The predicted octanol–water partition coefficient (Wildman–Crippen LogP) is 4.38. The fourth-order valence-corrected chi connectivity index (χ4v) is 5.92. The lowest BCUT2D eigenvalue weighted by Gasteiger charge is -2.35. The second kappa shape index (κ2) is 13.3. The van der Waals surface area contributed by atoms with Gasteiger partial charge in [0, 0.05) is 58.9 Å². The molecule has 1 unspecified atom stereocenters. The van der Waals surface area contributed by atoms with Gasteiger partial charge in [-0.3, -0.25) is 24.2 Å². The van der Waals surface area contributed by atoms with Crippen molar-refractivity contribution < 1.29 is 27.6 Å². The number of halogens is 4. The van der Waals surface area contributed by atoms with E-state index in [0.29, 0.717) is 36.0 Å². The Morgan fingerprint density at radius 1 is 1.16 bits per heavy atom. The molecule has 0 radical (unpaired) electrons. The number of benzene rings is 1. The minimum Gasteiger partial charge on any atom is -0.372 e. The van der Waals surface area contributed by atoms with Gasteiger partial charge in [0.25, 0.3) is 0 Å². The molecule has 4 rings (SSSR count). The summed E-state index contributed by atoms with van der Waals surface area (Å²) in [6.07, 6.45) is -2.32. The number of hydrogen-bond acceptors (Lipinski definition) is 6. The molecule has 13 heteroatoms. The molecule has 1 atom stereocenters. The van der Waals surface area contributed by atoms with Gasteiger partial charge in [0.15, 0.2) is 0 Å². The Hall–Kier alpha value is -3.64. The highest BCUT2D eigenvalue weighted by molar-refractivity contribution is 6.34. The highest BCUT2D eigenvalue weighted by Gasteiger charge is 2.41. The number of rotatable bonds is 9. The van der Waals surface area contributed by atoms with Crippen molar-refractivity contribution in [3.63, 3.8) is 0 Å². The number of aromatic nitrogens is 1. The first-order valence-electron chi connectivity index (χ1n) is 14.1. The quantitative estimate of drug-likeness (QED) is 0.387. The molecule has 0 aliphatic carbocycles. The minimum atomic E-state index is -4.62. The van der Waals surface area contributed by atoms with Crippen LogP contribution in [0.3, 0.4) is 0 Å². The van der Waals surface area contributed by atoms with Crippen molar-refractivity contribution in [1.29, 1.82) is 0 Å². The number of piperazine rings is 1. The molecule has 232 valence electrons. The van der Waals surface area contributed by atoms with Crippen LogP contribution in [0.4, 0.5) is 30.4 Å². The van der Waals surface area contributed by atoms with Gasteiger partial charge in [-0.2, -0.15) is 13.2 Å². The number of carbonyl (C=O) groups excluding carboxylic acids is 3. The predicted molar refractivity (Wildman–Crippen MR) is 160 cm³/mol. The summed E-state index contributed by atoms with van der Waals surface area (Å²) in [5.41, 5.74) is 0.310. The number of aryl methyl sites for hydroxylation is 1. The van der Waals surface area contributed by atoms with Crippen LogP contribution in [0, 0.1) is 6.92 Å². The first kappa shape index (κ1) is 32.3. The number of pyridine rings is 1. The Morgan fingerprint density at radius 3 is 2.51 bits per heavy atom. The normalized spacial score (nSPS) is 17.7. The van der Waals surface area contributed by atoms with Gasteiger partial charge in [-0.05, 0) is 56.7 Å². The second-order valence-electron chi connectivity index (χ2n) is 10.8. The highest BCUT2D eigenvalue weighted by atomic mass is 35.5. The van der Waals surface area contributed by atoms with Crippen LogP contribution in [0.15, 0.2) is 43.0 Å². The maximum Gasteiger partial charge on any atom is 0.416 e. The molecule has 1 aromatic heterocycles. The highest BCUT2D eigenvalue weighted by Crippen LogP contribution is 2.38. The molecule has 0 saturated carbocycles. The van der Waals surface area contributed by atoms with Crippen molar-refractivity contribution in [1.82, 2.24) is 14.8 Å². The zero-order valence-corrected chi connectivity index (χ0v) is 25.3. The summed E-state index contributed by atoms with van der Waals surface area (Å²) in [5, 5.41) is 0.436. The van der Waals surface area contributed by atoms with Crippen LogP contribution in [0.2, 0.25) is 5.02 Å². The van der Waals surface area contributed by atoms with Crippen LogP contribution < -0.4 is 14.7 Å². The molecule has 2 aliphatic rings. The van der Waals surface area contributed by atoms with Gasteiger partial charge in [-0.25, -0.2) is 4.98 Å². The fraction of sp³-hybridized carbons (Fsp3) is 0.467. The summed E-state index contributed by atoms with van der Waals surface area (Å²) in [6.45, 7) is 9.26. The van der Waals surface area contributed by atoms with Crippen molar-refractivity contribution in [2.24, 2.45) is 0 Å². The SMILES string of the molecule is C=CC(=O)N1CCN(CCCN(C)c2c(Cl)cccc2N(C)C(=O)C2CCC(=O)N2c2cc(C(F)(F)F)cc(C)n2)CC1. The largest absolute Gasteiger partial charge is 0.416 e. The zero-order chi connectivity index (χ0) is 31.5. The molecule has 2 aromatic rings. The van der Waals surface area contributed by atoms with Gasteiger partial charge in [-0.15, -0.1) is 0 Å². The van der Waals surface area contributed by atoms with Crippen LogP contribution in [-0.4, -0.2) is 91.9 Å². The molecule has 2 aliphatic heterocycles. The molecule has 0 bridgehead atoms.